The summed E-state index contributed by atoms with van der Waals surface area (Å²) in [5, 5.41) is 0.969. The van der Waals surface area contributed by atoms with Crippen LogP contribution in [0.3, 0.4) is 0 Å². The first kappa shape index (κ1) is 11.4. The van der Waals surface area contributed by atoms with Crippen LogP contribution < -0.4 is 10.4 Å². The Labute approximate surface area is 120 Å². The molecule has 2 aromatic heterocycles. The average Bonchev–Trinajstić information content (AvgIpc) is 2.63. The van der Waals surface area contributed by atoms with Crippen molar-refractivity contribution in [2.45, 2.75) is 24.8 Å². The van der Waals surface area contributed by atoms with E-state index < -0.39 is 0 Å². The van der Waals surface area contributed by atoms with Crippen LogP contribution in [0.5, 0.6) is 5.75 Å². The van der Waals surface area contributed by atoms with E-state index in [0.717, 1.165) is 46.9 Å². The normalized spacial score (nSPS) is 18.9. The molecule has 21 heavy (non-hydrogen) atoms. The van der Waals surface area contributed by atoms with Crippen LogP contribution >= 0.6 is 0 Å². The van der Waals surface area contributed by atoms with Crippen LogP contribution in [0.15, 0.2) is 29.2 Å². The van der Waals surface area contributed by atoms with E-state index in [2.05, 4.69) is 4.98 Å². The second-order valence-corrected chi connectivity index (χ2v) is 6.19. The van der Waals surface area contributed by atoms with E-state index in [9.17, 15) is 4.79 Å². The van der Waals surface area contributed by atoms with Gasteiger partial charge in [0.2, 0.25) is 0 Å². The van der Waals surface area contributed by atoms with Gasteiger partial charge in [-0.1, -0.05) is 6.07 Å². The maximum atomic E-state index is 12.8. The van der Waals surface area contributed by atoms with Crippen molar-refractivity contribution in [2.75, 3.05) is 6.61 Å². The van der Waals surface area contributed by atoms with Crippen LogP contribution in [0, 0.1) is 0 Å². The fourth-order valence-corrected chi connectivity index (χ4v) is 3.80. The van der Waals surface area contributed by atoms with E-state index in [-0.39, 0.29) is 11.2 Å². The second kappa shape index (κ2) is 3.47. The lowest BCUT2D eigenvalue weighted by Crippen LogP contribution is -2.50. The summed E-state index contributed by atoms with van der Waals surface area (Å²) in [6, 6.07) is 5.91. The zero-order chi connectivity index (χ0) is 14.2. The summed E-state index contributed by atoms with van der Waals surface area (Å²) in [6.45, 7) is 0.569. The van der Waals surface area contributed by atoms with Crippen molar-refractivity contribution in [3.63, 3.8) is 0 Å². The predicted octanol–water partition coefficient (Wildman–Crippen LogP) is 2.16. The zero-order valence-electron chi connectivity index (χ0n) is 11.8. The molecule has 5 rings (SSSR count). The lowest BCUT2D eigenvalue weighted by molar-refractivity contribution is 0.0718. The molecule has 0 amide bonds. The Morgan fingerprint density at radius 1 is 1.33 bits per heavy atom. The fourth-order valence-electron chi connectivity index (χ4n) is 3.80. The maximum absolute atomic E-state index is 12.8. The highest BCUT2D eigenvalue weighted by atomic mass is 16.5. The number of aromatic nitrogens is 3. The van der Waals surface area contributed by atoms with Gasteiger partial charge in [-0.05, 0) is 31.4 Å². The first-order chi connectivity index (χ1) is 10.2. The van der Waals surface area contributed by atoms with Crippen molar-refractivity contribution < 1.29 is 4.74 Å². The Kier molecular flexibility index (Phi) is 1.88. The van der Waals surface area contributed by atoms with Crippen molar-refractivity contribution in [2.24, 2.45) is 7.05 Å². The molecule has 0 bridgehead atoms. The Hall–Kier alpha value is -2.30. The lowest BCUT2D eigenvalue weighted by atomic mass is 9.77. The summed E-state index contributed by atoms with van der Waals surface area (Å²) >= 11 is 0. The number of benzene rings is 1. The molecular formula is C16H15N3O2. The standard InChI is InChI=1S/C16H15N3O2/c1-18-11-8-17-10-4-2-5-12-13(10)14(11)19(15(18)20)16(9-21-12)6-3-7-16/h2,4-5,8H,3,6-7,9H2,1H3. The van der Waals surface area contributed by atoms with Gasteiger partial charge in [-0.25, -0.2) is 4.79 Å². The maximum Gasteiger partial charge on any atom is 0.329 e. The Bertz CT molecular complexity index is 963. The zero-order valence-corrected chi connectivity index (χ0v) is 11.8. The highest BCUT2D eigenvalue weighted by molar-refractivity contribution is 6.06. The van der Waals surface area contributed by atoms with E-state index in [0.29, 0.717) is 6.61 Å². The third-order valence-electron chi connectivity index (χ3n) is 5.13. The third-order valence-corrected chi connectivity index (χ3v) is 5.13. The molecule has 3 heterocycles. The van der Waals surface area contributed by atoms with Crippen molar-refractivity contribution in [1.82, 2.24) is 14.1 Å². The van der Waals surface area contributed by atoms with Crippen molar-refractivity contribution >= 4 is 21.9 Å². The van der Waals surface area contributed by atoms with E-state index in [1.54, 1.807) is 10.8 Å². The number of nitrogens with zero attached hydrogens (tertiary/aromatic N) is 3. The molecule has 5 nitrogen and oxygen atoms in total. The minimum atomic E-state index is -0.177. The third kappa shape index (κ3) is 1.18. The number of pyridine rings is 1. The summed E-state index contributed by atoms with van der Waals surface area (Å²) in [5.41, 5.74) is 2.62. The molecule has 0 unspecified atom stereocenters. The van der Waals surface area contributed by atoms with E-state index >= 15 is 0 Å². The summed E-state index contributed by atoms with van der Waals surface area (Å²) in [5.74, 6) is 0.841. The number of imidazole rings is 1. The van der Waals surface area contributed by atoms with Gasteiger partial charge in [0, 0.05) is 7.05 Å². The van der Waals surface area contributed by atoms with Gasteiger partial charge in [0.05, 0.1) is 33.7 Å². The molecule has 3 aromatic rings. The van der Waals surface area contributed by atoms with Gasteiger partial charge < -0.3 is 4.74 Å². The first-order valence-electron chi connectivity index (χ1n) is 7.34. The van der Waals surface area contributed by atoms with Gasteiger partial charge in [0.15, 0.2) is 0 Å². The molecule has 0 radical (unpaired) electrons. The molecule has 1 fully saturated rings. The molecule has 1 aliphatic carbocycles. The number of hydrogen-bond donors (Lipinski definition) is 0. The second-order valence-electron chi connectivity index (χ2n) is 6.19. The van der Waals surface area contributed by atoms with Crippen molar-refractivity contribution in [1.29, 1.82) is 0 Å². The lowest BCUT2D eigenvalue weighted by Gasteiger charge is -2.41. The Balaban J connectivity index is 2.09. The average molecular weight is 281 g/mol. The minimum absolute atomic E-state index is 0.0410. The number of hydrogen-bond acceptors (Lipinski definition) is 3. The number of rotatable bonds is 0. The number of fused-ring (bicyclic) bond motifs is 1. The largest absolute Gasteiger partial charge is 0.490 e. The van der Waals surface area contributed by atoms with E-state index in [1.165, 1.54) is 0 Å². The van der Waals surface area contributed by atoms with Crippen LogP contribution in [0.25, 0.3) is 21.9 Å². The molecule has 1 spiro atoms. The Morgan fingerprint density at radius 3 is 2.95 bits per heavy atom. The molecule has 0 atom stereocenters. The smallest absolute Gasteiger partial charge is 0.329 e. The molecule has 0 saturated heterocycles. The molecule has 1 aromatic carbocycles. The number of aryl methyl sites for hydroxylation is 1. The molecule has 5 heteroatoms. The van der Waals surface area contributed by atoms with Crippen LogP contribution in [-0.4, -0.2) is 20.7 Å². The summed E-state index contributed by atoms with van der Waals surface area (Å²) in [4.78, 5) is 17.3. The molecule has 1 saturated carbocycles. The first-order valence-corrected chi connectivity index (χ1v) is 7.34. The molecule has 0 N–H and O–H groups in total. The highest BCUT2D eigenvalue weighted by Gasteiger charge is 2.44. The molecule has 1 aliphatic heterocycles. The van der Waals surface area contributed by atoms with Gasteiger partial charge in [-0.15, -0.1) is 0 Å². The van der Waals surface area contributed by atoms with Gasteiger partial charge in [0.1, 0.15) is 12.4 Å². The molecule has 2 aliphatic rings. The van der Waals surface area contributed by atoms with Crippen LogP contribution in [0.1, 0.15) is 19.3 Å². The monoisotopic (exact) mass is 281 g/mol. The summed E-state index contributed by atoms with van der Waals surface area (Å²) in [6.07, 6.45) is 4.96. The van der Waals surface area contributed by atoms with Gasteiger partial charge in [-0.2, -0.15) is 0 Å². The quantitative estimate of drug-likeness (QED) is 0.634. The molecular weight excluding hydrogens is 266 g/mol. The predicted molar refractivity (Wildman–Crippen MR) is 79.8 cm³/mol. The van der Waals surface area contributed by atoms with Crippen LogP contribution in [0.2, 0.25) is 0 Å². The van der Waals surface area contributed by atoms with E-state index in [4.69, 9.17) is 4.74 Å². The van der Waals surface area contributed by atoms with E-state index in [1.807, 2.05) is 29.8 Å². The van der Waals surface area contributed by atoms with Crippen LogP contribution in [-0.2, 0) is 12.6 Å². The number of ether oxygens (including phenoxy) is 1. The van der Waals surface area contributed by atoms with Gasteiger partial charge >= 0.3 is 5.69 Å². The van der Waals surface area contributed by atoms with Crippen LogP contribution in [0.4, 0.5) is 0 Å². The summed E-state index contributed by atoms with van der Waals surface area (Å²) in [7, 11) is 1.83. The SMILES string of the molecule is Cn1c(=O)n2c3c4c(cccc4ncc31)OCC21CCC1. The minimum Gasteiger partial charge on any atom is -0.490 e. The topological polar surface area (TPSA) is 49.0 Å². The van der Waals surface area contributed by atoms with Crippen molar-refractivity contribution in [3.8, 4) is 5.75 Å². The van der Waals surface area contributed by atoms with Gasteiger partial charge in [0.25, 0.3) is 0 Å². The fraction of sp³-hybridized carbons (Fsp3) is 0.375. The summed E-state index contributed by atoms with van der Waals surface area (Å²) < 4.78 is 9.76. The molecule has 106 valence electrons. The van der Waals surface area contributed by atoms with Crippen molar-refractivity contribution in [3.05, 3.63) is 34.9 Å². The van der Waals surface area contributed by atoms with Gasteiger partial charge in [-0.3, -0.25) is 14.1 Å². The highest BCUT2D eigenvalue weighted by Crippen LogP contribution is 2.45. The Morgan fingerprint density at radius 2 is 2.19 bits per heavy atom.